The van der Waals surface area contributed by atoms with Gasteiger partial charge < -0.3 is 5.73 Å². The van der Waals surface area contributed by atoms with Crippen LogP contribution in [0, 0.1) is 6.92 Å². The van der Waals surface area contributed by atoms with Crippen molar-refractivity contribution in [2.24, 2.45) is 0 Å². The van der Waals surface area contributed by atoms with Gasteiger partial charge in [0.1, 0.15) is 0 Å². The predicted molar refractivity (Wildman–Crippen MR) is 56.9 cm³/mol. The number of anilines is 1. The molecule has 0 aliphatic carbocycles. The Hall–Kier alpha value is -1.77. The molecule has 3 nitrogen and oxygen atoms in total. The Morgan fingerprint density at radius 2 is 2.00 bits per heavy atom. The molecule has 0 fully saturated rings. The first kappa shape index (κ1) is 8.81. The van der Waals surface area contributed by atoms with Gasteiger partial charge in [-0.1, -0.05) is 12.1 Å². The van der Waals surface area contributed by atoms with E-state index >= 15 is 0 Å². The van der Waals surface area contributed by atoms with E-state index in [1.807, 2.05) is 48.3 Å². The highest BCUT2D eigenvalue weighted by atomic mass is 15.3. The third kappa shape index (κ3) is 1.93. The molecule has 0 atom stereocenters. The third-order valence-corrected chi connectivity index (χ3v) is 2.09. The highest BCUT2D eigenvalue weighted by Gasteiger charge is 1.96. The minimum absolute atomic E-state index is 0.797. The molecule has 0 amide bonds. The van der Waals surface area contributed by atoms with E-state index in [1.165, 1.54) is 11.1 Å². The lowest BCUT2D eigenvalue weighted by Crippen LogP contribution is -1.99. The van der Waals surface area contributed by atoms with Gasteiger partial charge in [0, 0.05) is 11.9 Å². The van der Waals surface area contributed by atoms with E-state index in [4.69, 9.17) is 5.73 Å². The zero-order valence-corrected chi connectivity index (χ0v) is 8.14. The van der Waals surface area contributed by atoms with Gasteiger partial charge >= 0.3 is 0 Å². The van der Waals surface area contributed by atoms with Crippen LogP contribution in [0.5, 0.6) is 0 Å². The molecule has 0 aliphatic heterocycles. The highest BCUT2D eigenvalue weighted by molar-refractivity contribution is 5.39. The summed E-state index contributed by atoms with van der Waals surface area (Å²) in [6.07, 6.45) is 3.88. The second-order valence-corrected chi connectivity index (χ2v) is 3.46. The van der Waals surface area contributed by atoms with Gasteiger partial charge in [0.15, 0.2) is 0 Å². The Bertz CT molecular complexity index is 414. The molecule has 0 saturated heterocycles. The number of rotatable bonds is 2. The molecule has 2 rings (SSSR count). The molecule has 1 aromatic heterocycles. The summed E-state index contributed by atoms with van der Waals surface area (Å²) in [6.45, 7) is 2.83. The van der Waals surface area contributed by atoms with E-state index in [9.17, 15) is 0 Å². The molecule has 0 spiro atoms. The van der Waals surface area contributed by atoms with Crippen molar-refractivity contribution < 1.29 is 0 Å². The van der Waals surface area contributed by atoms with Crippen LogP contribution in [0.1, 0.15) is 11.1 Å². The minimum Gasteiger partial charge on any atom is -0.399 e. The van der Waals surface area contributed by atoms with Gasteiger partial charge in [-0.15, -0.1) is 0 Å². The van der Waals surface area contributed by atoms with E-state index in [0.29, 0.717) is 0 Å². The Morgan fingerprint density at radius 1 is 1.29 bits per heavy atom. The topological polar surface area (TPSA) is 43.8 Å². The van der Waals surface area contributed by atoms with Crippen molar-refractivity contribution in [3.05, 3.63) is 47.8 Å². The summed E-state index contributed by atoms with van der Waals surface area (Å²) in [4.78, 5) is 0. The fraction of sp³-hybridized carbons (Fsp3) is 0.182. The largest absolute Gasteiger partial charge is 0.399 e. The second kappa shape index (κ2) is 3.54. The monoisotopic (exact) mass is 187 g/mol. The molecule has 1 heterocycles. The van der Waals surface area contributed by atoms with Gasteiger partial charge in [0.25, 0.3) is 0 Å². The van der Waals surface area contributed by atoms with E-state index in [1.54, 1.807) is 0 Å². The number of aromatic nitrogens is 2. The third-order valence-electron chi connectivity index (χ3n) is 2.09. The fourth-order valence-electron chi connectivity index (χ4n) is 1.36. The maximum absolute atomic E-state index is 5.60. The van der Waals surface area contributed by atoms with Gasteiger partial charge in [-0.3, -0.25) is 4.68 Å². The average Bonchev–Trinajstić information content (AvgIpc) is 2.56. The molecule has 14 heavy (non-hydrogen) atoms. The minimum atomic E-state index is 0.797. The molecule has 0 bridgehead atoms. The zero-order chi connectivity index (χ0) is 9.97. The fourth-order valence-corrected chi connectivity index (χ4v) is 1.36. The van der Waals surface area contributed by atoms with Crippen molar-refractivity contribution in [3.63, 3.8) is 0 Å². The van der Waals surface area contributed by atoms with E-state index in [0.717, 1.165) is 12.2 Å². The Labute approximate surface area is 83.2 Å². The first-order valence-corrected chi connectivity index (χ1v) is 4.57. The molecule has 0 saturated carbocycles. The molecular formula is C11H13N3. The zero-order valence-electron chi connectivity index (χ0n) is 8.14. The van der Waals surface area contributed by atoms with Crippen LogP contribution < -0.4 is 5.73 Å². The number of nitrogens with zero attached hydrogens (tertiary/aromatic N) is 2. The van der Waals surface area contributed by atoms with Crippen LogP contribution in [-0.4, -0.2) is 9.78 Å². The lowest BCUT2D eigenvalue weighted by molar-refractivity contribution is 0.686. The van der Waals surface area contributed by atoms with Crippen LogP contribution >= 0.6 is 0 Å². The second-order valence-electron chi connectivity index (χ2n) is 3.46. The molecule has 2 aromatic rings. The predicted octanol–water partition coefficient (Wildman–Crippen LogP) is 1.82. The quantitative estimate of drug-likeness (QED) is 0.729. The SMILES string of the molecule is Cc1cnn(Cc2ccc(N)cc2)c1. The Balaban J connectivity index is 2.15. The highest BCUT2D eigenvalue weighted by Crippen LogP contribution is 2.07. The van der Waals surface area contributed by atoms with Gasteiger partial charge in [-0.2, -0.15) is 5.10 Å². The van der Waals surface area contributed by atoms with Crippen LogP contribution in [0.2, 0.25) is 0 Å². The lowest BCUT2D eigenvalue weighted by atomic mass is 10.2. The molecular weight excluding hydrogens is 174 g/mol. The van der Waals surface area contributed by atoms with Crippen molar-refractivity contribution in [2.75, 3.05) is 5.73 Å². The average molecular weight is 187 g/mol. The molecule has 0 aliphatic rings. The van der Waals surface area contributed by atoms with Gasteiger partial charge in [-0.25, -0.2) is 0 Å². The summed E-state index contributed by atoms with van der Waals surface area (Å²) in [6, 6.07) is 7.86. The van der Waals surface area contributed by atoms with Crippen molar-refractivity contribution in [2.45, 2.75) is 13.5 Å². The van der Waals surface area contributed by atoms with Crippen molar-refractivity contribution in [3.8, 4) is 0 Å². The standard InChI is InChI=1S/C11H13N3/c1-9-6-13-14(7-9)8-10-2-4-11(12)5-3-10/h2-7H,8,12H2,1H3. The first-order chi connectivity index (χ1) is 6.74. The van der Waals surface area contributed by atoms with Crippen LogP contribution in [0.25, 0.3) is 0 Å². The maximum atomic E-state index is 5.60. The summed E-state index contributed by atoms with van der Waals surface area (Å²) in [5, 5.41) is 4.22. The first-order valence-electron chi connectivity index (χ1n) is 4.57. The smallest absolute Gasteiger partial charge is 0.0659 e. The number of benzene rings is 1. The van der Waals surface area contributed by atoms with Crippen LogP contribution in [0.3, 0.4) is 0 Å². The molecule has 0 unspecified atom stereocenters. The summed E-state index contributed by atoms with van der Waals surface area (Å²) < 4.78 is 1.92. The Kier molecular flexibility index (Phi) is 2.23. The number of nitrogen functional groups attached to an aromatic ring is 1. The van der Waals surface area contributed by atoms with E-state index < -0.39 is 0 Å². The van der Waals surface area contributed by atoms with Crippen molar-refractivity contribution in [1.82, 2.24) is 9.78 Å². The summed E-state index contributed by atoms with van der Waals surface area (Å²) in [5.41, 5.74) is 8.79. The van der Waals surface area contributed by atoms with Crippen LogP contribution in [0.15, 0.2) is 36.7 Å². The molecule has 2 N–H and O–H groups in total. The Morgan fingerprint density at radius 3 is 2.57 bits per heavy atom. The molecule has 1 aromatic carbocycles. The van der Waals surface area contributed by atoms with Crippen LogP contribution in [0.4, 0.5) is 5.69 Å². The maximum Gasteiger partial charge on any atom is 0.0659 e. The summed E-state index contributed by atoms with van der Waals surface area (Å²) in [5.74, 6) is 0. The van der Waals surface area contributed by atoms with Gasteiger partial charge in [0.05, 0.1) is 12.7 Å². The number of nitrogens with two attached hydrogens (primary N) is 1. The number of hydrogen-bond acceptors (Lipinski definition) is 2. The van der Waals surface area contributed by atoms with Gasteiger partial charge in [-0.05, 0) is 30.2 Å². The lowest BCUT2D eigenvalue weighted by Gasteiger charge is -2.01. The number of aryl methyl sites for hydroxylation is 1. The molecule has 0 radical (unpaired) electrons. The molecule has 3 heteroatoms. The normalized spacial score (nSPS) is 10.4. The summed E-state index contributed by atoms with van der Waals surface area (Å²) >= 11 is 0. The van der Waals surface area contributed by atoms with Crippen LogP contribution in [-0.2, 0) is 6.54 Å². The summed E-state index contributed by atoms with van der Waals surface area (Å²) in [7, 11) is 0. The molecule has 72 valence electrons. The van der Waals surface area contributed by atoms with Crippen molar-refractivity contribution in [1.29, 1.82) is 0 Å². The van der Waals surface area contributed by atoms with E-state index in [2.05, 4.69) is 5.10 Å². The van der Waals surface area contributed by atoms with E-state index in [-0.39, 0.29) is 0 Å². The van der Waals surface area contributed by atoms with Gasteiger partial charge in [0.2, 0.25) is 0 Å². The van der Waals surface area contributed by atoms with Crippen molar-refractivity contribution >= 4 is 5.69 Å². The number of hydrogen-bond donors (Lipinski definition) is 1.